The highest BCUT2D eigenvalue weighted by Gasteiger charge is 2.33. The highest BCUT2D eigenvalue weighted by Crippen LogP contribution is 2.40. The van der Waals surface area contributed by atoms with E-state index in [1.54, 1.807) is 6.07 Å². The first-order valence-corrected chi connectivity index (χ1v) is 5.86. The van der Waals surface area contributed by atoms with Crippen molar-refractivity contribution in [3.05, 3.63) is 35.4 Å². The van der Waals surface area contributed by atoms with Gasteiger partial charge >= 0.3 is 6.18 Å². The fraction of sp³-hybridized carbons (Fsp3) is 0.250. The van der Waals surface area contributed by atoms with E-state index in [9.17, 15) is 13.2 Å². The Bertz CT molecular complexity index is 294. The topological polar surface area (TPSA) is 0 Å². The Morgan fingerprint density at radius 2 is 1.62 bits per heavy atom. The first-order valence-electron chi connectivity index (χ1n) is 3.37. The summed E-state index contributed by atoms with van der Waals surface area (Å²) in [6.45, 7) is 0. The quantitative estimate of drug-likeness (QED) is 0.469. The molecule has 1 aromatic carbocycles. The second-order valence-electron chi connectivity index (χ2n) is 2.39. The number of benzene rings is 1. The maximum Gasteiger partial charge on any atom is 0.416 e. The van der Waals surface area contributed by atoms with Crippen LogP contribution < -0.4 is 0 Å². The fourth-order valence-electron chi connectivity index (χ4n) is 0.945. The first-order chi connectivity index (χ1) is 5.93. The molecule has 0 aliphatic rings. The van der Waals surface area contributed by atoms with Crippen molar-refractivity contribution < 1.29 is 13.2 Å². The van der Waals surface area contributed by atoms with Gasteiger partial charge in [-0.2, -0.15) is 13.2 Å². The molecular weight excluding hydrogens is 407 g/mol. The lowest BCUT2D eigenvalue weighted by Crippen LogP contribution is -2.08. The van der Waals surface area contributed by atoms with Crippen LogP contribution in [-0.2, 0) is 6.18 Å². The van der Waals surface area contributed by atoms with Crippen molar-refractivity contribution >= 4 is 45.2 Å². The average Bonchev–Trinajstić information content (AvgIpc) is 2.03. The molecule has 0 atom stereocenters. The maximum atomic E-state index is 12.4. The Morgan fingerprint density at radius 3 is 2.00 bits per heavy atom. The molecule has 0 saturated heterocycles. The molecular formula is C8H5F3I2. The molecule has 0 heterocycles. The van der Waals surface area contributed by atoms with Gasteiger partial charge in [-0.25, -0.2) is 0 Å². The maximum absolute atomic E-state index is 12.4. The molecule has 1 aromatic rings. The standard InChI is InChI=1S/C8H5F3I2/c9-8(10,11)6-4-2-1-3-5(6)7(12)13/h1-4,7H. The van der Waals surface area contributed by atoms with Crippen molar-refractivity contribution in [1.29, 1.82) is 0 Å². The van der Waals surface area contributed by atoms with E-state index in [-0.39, 0.29) is 1.93 Å². The summed E-state index contributed by atoms with van der Waals surface area (Å²) in [7, 11) is 0. The lowest BCUT2D eigenvalue weighted by atomic mass is 10.1. The molecule has 5 heteroatoms. The third-order valence-corrected chi connectivity index (χ3v) is 2.84. The molecule has 0 radical (unpaired) electrons. The van der Waals surface area contributed by atoms with Gasteiger partial charge in [-0.15, -0.1) is 0 Å². The Hall–Kier alpha value is 0.470. The lowest BCUT2D eigenvalue weighted by Gasteiger charge is -2.12. The monoisotopic (exact) mass is 412 g/mol. The third-order valence-electron chi connectivity index (χ3n) is 1.50. The molecule has 0 unspecified atom stereocenters. The normalized spacial score (nSPS) is 12.2. The Morgan fingerprint density at radius 1 is 1.08 bits per heavy atom. The van der Waals surface area contributed by atoms with Crippen molar-refractivity contribution in [2.24, 2.45) is 0 Å². The van der Waals surface area contributed by atoms with Crippen LogP contribution in [0, 0.1) is 0 Å². The lowest BCUT2D eigenvalue weighted by molar-refractivity contribution is -0.138. The highest BCUT2D eigenvalue weighted by molar-refractivity contribution is 14.2. The van der Waals surface area contributed by atoms with Gasteiger partial charge in [0, 0.05) is 0 Å². The zero-order chi connectivity index (χ0) is 10.1. The molecule has 0 nitrogen and oxygen atoms in total. The van der Waals surface area contributed by atoms with E-state index in [2.05, 4.69) is 0 Å². The van der Waals surface area contributed by atoms with E-state index in [1.807, 2.05) is 45.2 Å². The molecule has 0 amide bonds. The van der Waals surface area contributed by atoms with Crippen LogP contribution in [0.3, 0.4) is 0 Å². The highest BCUT2D eigenvalue weighted by atomic mass is 127. The molecule has 1 rings (SSSR count). The Labute approximate surface area is 101 Å². The molecule has 0 aromatic heterocycles. The predicted molar refractivity (Wildman–Crippen MR) is 62.2 cm³/mol. The summed E-state index contributed by atoms with van der Waals surface area (Å²) >= 11 is 3.92. The van der Waals surface area contributed by atoms with Crippen molar-refractivity contribution in [1.82, 2.24) is 0 Å². The number of hydrogen-bond acceptors (Lipinski definition) is 0. The first kappa shape index (κ1) is 11.5. The van der Waals surface area contributed by atoms with E-state index >= 15 is 0 Å². The molecule has 0 bridgehead atoms. The minimum absolute atomic E-state index is 0.159. The molecule has 0 fully saturated rings. The molecule has 0 aliphatic carbocycles. The van der Waals surface area contributed by atoms with Gasteiger partial charge in [0.1, 0.15) is 0 Å². The molecule has 0 aliphatic heterocycles. The number of hydrogen-bond donors (Lipinski definition) is 0. The van der Waals surface area contributed by atoms with Gasteiger partial charge in [0.25, 0.3) is 0 Å². The van der Waals surface area contributed by atoms with Crippen LogP contribution in [0.4, 0.5) is 13.2 Å². The van der Waals surface area contributed by atoms with Crippen LogP contribution in [0.25, 0.3) is 0 Å². The summed E-state index contributed by atoms with van der Waals surface area (Å²) in [5.41, 5.74) is -0.208. The van der Waals surface area contributed by atoms with Gasteiger partial charge < -0.3 is 0 Å². The van der Waals surface area contributed by atoms with E-state index in [0.29, 0.717) is 5.56 Å². The van der Waals surface area contributed by atoms with Crippen LogP contribution in [-0.4, -0.2) is 0 Å². The van der Waals surface area contributed by atoms with Crippen LogP contribution in [0.15, 0.2) is 24.3 Å². The Kier molecular flexibility index (Phi) is 3.84. The van der Waals surface area contributed by atoms with Crippen molar-refractivity contribution in [2.45, 2.75) is 8.11 Å². The van der Waals surface area contributed by atoms with E-state index in [1.165, 1.54) is 12.1 Å². The second-order valence-corrected chi connectivity index (χ2v) is 7.26. The zero-order valence-electron chi connectivity index (χ0n) is 6.28. The number of rotatable bonds is 1. The predicted octanol–water partition coefficient (Wildman–Crippen LogP) is 4.57. The summed E-state index contributed by atoms with van der Waals surface area (Å²) in [6, 6.07) is 5.64. The summed E-state index contributed by atoms with van der Waals surface area (Å²) < 4.78 is 37.0. The van der Waals surface area contributed by atoms with Gasteiger partial charge in [0.05, 0.1) is 7.49 Å². The number of alkyl halides is 5. The largest absolute Gasteiger partial charge is 0.416 e. The van der Waals surface area contributed by atoms with Crippen molar-refractivity contribution in [3.8, 4) is 0 Å². The average molecular weight is 412 g/mol. The molecule has 72 valence electrons. The third kappa shape index (κ3) is 2.97. The van der Waals surface area contributed by atoms with Crippen LogP contribution in [0.5, 0.6) is 0 Å². The minimum Gasteiger partial charge on any atom is -0.166 e. The van der Waals surface area contributed by atoms with Gasteiger partial charge in [0.15, 0.2) is 0 Å². The van der Waals surface area contributed by atoms with E-state index in [4.69, 9.17) is 0 Å². The molecule has 13 heavy (non-hydrogen) atoms. The van der Waals surface area contributed by atoms with Crippen molar-refractivity contribution in [2.75, 3.05) is 0 Å². The van der Waals surface area contributed by atoms with Crippen LogP contribution in [0.2, 0.25) is 0 Å². The van der Waals surface area contributed by atoms with Gasteiger partial charge in [-0.1, -0.05) is 63.4 Å². The summed E-state index contributed by atoms with van der Waals surface area (Å²) in [6.07, 6.45) is -4.24. The molecule has 0 N–H and O–H groups in total. The van der Waals surface area contributed by atoms with Gasteiger partial charge in [0.2, 0.25) is 0 Å². The zero-order valence-corrected chi connectivity index (χ0v) is 10.6. The molecule has 0 spiro atoms. The van der Waals surface area contributed by atoms with Gasteiger partial charge in [-0.3, -0.25) is 0 Å². The fourth-order valence-corrected chi connectivity index (χ4v) is 2.03. The summed E-state index contributed by atoms with van der Waals surface area (Å²) in [4.78, 5) is 0. The molecule has 0 saturated carbocycles. The van der Waals surface area contributed by atoms with E-state index < -0.39 is 11.7 Å². The van der Waals surface area contributed by atoms with E-state index in [0.717, 1.165) is 6.07 Å². The smallest absolute Gasteiger partial charge is 0.166 e. The van der Waals surface area contributed by atoms with Gasteiger partial charge in [-0.05, 0) is 11.6 Å². The minimum atomic E-state index is -4.24. The summed E-state index contributed by atoms with van der Waals surface area (Å²) in [5, 5.41) is 0. The van der Waals surface area contributed by atoms with Crippen molar-refractivity contribution in [3.63, 3.8) is 0 Å². The SMILES string of the molecule is FC(F)(F)c1ccccc1C(I)I. The van der Waals surface area contributed by atoms with Crippen LogP contribution in [0.1, 0.15) is 13.1 Å². The van der Waals surface area contributed by atoms with Crippen LogP contribution >= 0.6 is 45.2 Å². The second kappa shape index (κ2) is 4.33. The Balaban J connectivity index is 3.20. The summed E-state index contributed by atoms with van der Waals surface area (Å²) in [5.74, 6) is 0. The number of halogens is 5.